The smallest absolute Gasteiger partial charge is 0.291 e. The van der Waals surface area contributed by atoms with E-state index in [0.29, 0.717) is 12.4 Å². The van der Waals surface area contributed by atoms with Crippen molar-refractivity contribution in [3.05, 3.63) is 59.9 Å². The van der Waals surface area contributed by atoms with E-state index < -0.39 is 5.91 Å². The van der Waals surface area contributed by atoms with Crippen molar-refractivity contribution >= 4 is 5.91 Å². The summed E-state index contributed by atoms with van der Waals surface area (Å²) in [6.45, 7) is 4.53. The fourth-order valence-electron chi connectivity index (χ4n) is 2.58. The van der Waals surface area contributed by atoms with Gasteiger partial charge in [0.25, 0.3) is 5.91 Å². The molecule has 2 aromatic carbocycles. The van der Waals surface area contributed by atoms with Crippen LogP contribution in [0.15, 0.2) is 48.5 Å². The van der Waals surface area contributed by atoms with Crippen molar-refractivity contribution in [1.82, 2.24) is 20.1 Å². The third-order valence-corrected chi connectivity index (χ3v) is 3.91. The standard InChI is InChI=1S/C20H22N4O3/c1-3-27-17-10-8-16(9-11-17)24-19(15-6-4-14(2)5-7-15)22-18(23-24)20(26)21-12-13-25/h4-11,25H,3,12-13H2,1-2H3,(H,21,26). The van der Waals surface area contributed by atoms with Crippen LogP contribution in [-0.4, -0.2) is 45.5 Å². The fourth-order valence-corrected chi connectivity index (χ4v) is 2.58. The molecule has 3 rings (SSSR count). The van der Waals surface area contributed by atoms with Gasteiger partial charge < -0.3 is 15.2 Å². The Labute approximate surface area is 157 Å². The molecule has 2 N–H and O–H groups in total. The van der Waals surface area contributed by atoms with E-state index in [0.717, 1.165) is 22.6 Å². The molecule has 0 spiro atoms. The van der Waals surface area contributed by atoms with Gasteiger partial charge in [0, 0.05) is 12.1 Å². The first-order chi connectivity index (χ1) is 13.1. The second-order valence-corrected chi connectivity index (χ2v) is 5.94. The lowest BCUT2D eigenvalue weighted by atomic mass is 10.1. The third-order valence-electron chi connectivity index (χ3n) is 3.91. The number of nitrogens with one attached hydrogen (secondary N) is 1. The summed E-state index contributed by atoms with van der Waals surface area (Å²) < 4.78 is 7.11. The Morgan fingerprint density at radius 3 is 2.48 bits per heavy atom. The van der Waals surface area contributed by atoms with Gasteiger partial charge in [0.2, 0.25) is 5.82 Å². The molecule has 0 saturated heterocycles. The number of aromatic nitrogens is 3. The average Bonchev–Trinajstić information content (AvgIpc) is 3.13. The van der Waals surface area contributed by atoms with Gasteiger partial charge in [0.15, 0.2) is 5.82 Å². The molecule has 1 aromatic heterocycles. The number of rotatable bonds is 7. The Morgan fingerprint density at radius 2 is 1.85 bits per heavy atom. The number of carbonyl (C=O) groups is 1. The fraction of sp³-hybridized carbons (Fsp3) is 0.250. The molecule has 0 aliphatic rings. The number of hydrogen-bond donors (Lipinski definition) is 2. The van der Waals surface area contributed by atoms with E-state index in [4.69, 9.17) is 9.84 Å². The third kappa shape index (κ3) is 4.32. The van der Waals surface area contributed by atoms with Gasteiger partial charge in [-0.3, -0.25) is 4.79 Å². The zero-order valence-electron chi connectivity index (χ0n) is 15.3. The highest BCUT2D eigenvalue weighted by Gasteiger charge is 2.18. The molecule has 3 aromatic rings. The van der Waals surface area contributed by atoms with Crippen LogP contribution in [0.3, 0.4) is 0 Å². The van der Waals surface area contributed by atoms with E-state index in [1.54, 1.807) is 4.68 Å². The first-order valence-corrected chi connectivity index (χ1v) is 8.78. The summed E-state index contributed by atoms with van der Waals surface area (Å²) >= 11 is 0. The van der Waals surface area contributed by atoms with Gasteiger partial charge in [-0.15, -0.1) is 5.10 Å². The van der Waals surface area contributed by atoms with E-state index in [2.05, 4.69) is 15.4 Å². The van der Waals surface area contributed by atoms with E-state index >= 15 is 0 Å². The maximum Gasteiger partial charge on any atom is 0.291 e. The molecule has 0 aliphatic carbocycles. The molecule has 0 bridgehead atoms. The van der Waals surface area contributed by atoms with Crippen molar-refractivity contribution in [3.63, 3.8) is 0 Å². The molecule has 140 valence electrons. The lowest BCUT2D eigenvalue weighted by Crippen LogP contribution is -2.27. The van der Waals surface area contributed by atoms with E-state index in [1.807, 2.05) is 62.4 Å². The van der Waals surface area contributed by atoms with E-state index in [-0.39, 0.29) is 19.0 Å². The molecular weight excluding hydrogens is 344 g/mol. The zero-order chi connectivity index (χ0) is 19.2. The van der Waals surface area contributed by atoms with Crippen LogP contribution in [0.25, 0.3) is 17.1 Å². The average molecular weight is 366 g/mol. The van der Waals surface area contributed by atoms with E-state index in [9.17, 15) is 4.79 Å². The molecule has 0 saturated carbocycles. The Bertz CT molecular complexity index is 902. The van der Waals surface area contributed by atoms with Crippen molar-refractivity contribution in [2.24, 2.45) is 0 Å². The van der Waals surface area contributed by atoms with Crippen molar-refractivity contribution in [1.29, 1.82) is 0 Å². The van der Waals surface area contributed by atoms with Crippen LogP contribution in [0.5, 0.6) is 5.75 Å². The maximum absolute atomic E-state index is 12.2. The molecule has 1 amide bonds. The second-order valence-electron chi connectivity index (χ2n) is 5.94. The molecule has 1 heterocycles. The van der Waals surface area contributed by atoms with Gasteiger partial charge in [-0.1, -0.05) is 29.8 Å². The monoisotopic (exact) mass is 366 g/mol. The minimum Gasteiger partial charge on any atom is -0.494 e. The number of aliphatic hydroxyl groups excluding tert-OH is 1. The summed E-state index contributed by atoms with van der Waals surface area (Å²) in [5.41, 5.74) is 2.75. The zero-order valence-corrected chi connectivity index (χ0v) is 15.3. The topological polar surface area (TPSA) is 89.3 Å². The van der Waals surface area contributed by atoms with Crippen LogP contribution < -0.4 is 10.1 Å². The molecule has 0 unspecified atom stereocenters. The van der Waals surface area contributed by atoms with Crippen LogP contribution >= 0.6 is 0 Å². The van der Waals surface area contributed by atoms with Gasteiger partial charge in [-0.05, 0) is 38.1 Å². The quantitative estimate of drug-likeness (QED) is 0.670. The van der Waals surface area contributed by atoms with Crippen LogP contribution in [0, 0.1) is 6.92 Å². The predicted molar refractivity (Wildman–Crippen MR) is 102 cm³/mol. The number of ether oxygens (including phenoxy) is 1. The van der Waals surface area contributed by atoms with Crippen molar-refractivity contribution in [2.75, 3.05) is 19.8 Å². The molecule has 0 aliphatic heterocycles. The number of nitrogens with zero attached hydrogens (tertiary/aromatic N) is 3. The summed E-state index contributed by atoms with van der Waals surface area (Å²) in [5, 5.41) is 15.9. The first-order valence-electron chi connectivity index (χ1n) is 8.78. The van der Waals surface area contributed by atoms with Gasteiger partial charge in [-0.2, -0.15) is 0 Å². The van der Waals surface area contributed by atoms with Crippen LogP contribution in [0.1, 0.15) is 23.1 Å². The molecule has 0 radical (unpaired) electrons. The first kappa shape index (κ1) is 18.6. The van der Waals surface area contributed by atoms with E-state index in [1.165, 1.54) is 0 Å². The predicted octanol–water partition coefficient (Wildman–Crippen LogP) is 2.36. The molecule has 27 heavy (non-hydrogen) atoms. The maximum atomic E-state index is 12.2. The number of hydrogen-bond acceptors (Lipinski definition) is 5. The minimum atomic E-state index is -0.429. The highest BCUT2D eigenvalue weighted by Crippen LogP contribution is 2.23. The number of aliphatic hydroxyl groups is 1. The number of carbonyl (C=O) groups excluding carboxylic acids is 1. The highest BCUT2D eigenvalue weighted by molar-refractivity contribution is 5.91. The Morgan fingerprint density at radius 1 is 1.15 bits per heavy atom. The largest absolute Gasteiger partial charge is 0.494 e. The van der Waals surface area contributed by atoms with Crippen LogP contribution in [0.4, 0.5) is 0 Å². The number of benzene rings is 2. The second kappa shape index (κ2) is 8.46. The molecule has 7 heteroatoms. The van der Waals surface area contributed by atoms with Gasteiger partial charge in [-0.25, -0.2) is 9.67 Å². The Balaban J connectivity index is 2.02. The number of amides is 1. The molecule has 0 fully saturated rings. The lowest BCUT2D eigenvalue weighted by molar-refractivity contribution is 0.0934. The molecule has 0 atom stereocenters. The summed E-state index contributed by atoms with van der Waals surface area (Å²) in [4.78, 5) is 16.7. The summed E-state index contributed by atoms with van der Waals surface area (Å²) in [7, 11) is 0. The number of aryl methyl sites for hydroxylation is 1. The van der Waals surface area contributed by atoms with Crippen LogP contribution in [-0.2, 0) is 0 Å². The minimum absolute atomic E-state index is 0.0490. The van der Waals surface area contributed by atoms with Crippen molar-refractivity contribution < 1.29 is 14.6 Å². The summed E-state index contributed by atoms with van der Waals surface area (Å²) in [6, 6.07) is 15.3. The highest BCUT2D eigenvalue weighted by atomic mass is 16.5. The van der Waals surface area contributed by atoms with Crippen LogP contribution in [0.2, 0.25) is 0 Å². The lowest BCUT2D eigenvalue weighted by Gasteiger charge is -2.08. The molecule has 7 nitrogen and oxygen atoms in total. The van der Waals surface area contributed by atoms with Crippen molar-refractivity contribution in [2.45, 2.75) is 13.8 Å². The summed E-state index contributed by atoms with van der Waals surface area (Å²) in [6.07, 6.45) is 0. The molecular formula is C20H22N4O3. The normalized spacial score (nSPS) is 10.6. The summed E-state index contributed by atoms with van der Waals surface area (Å²) in [5.74, 6) is 0.947. The SMILES string of the molecule is CCOc1ccc(-n2nc(C(=O)NCCO)nc2-c2ccc(C)cc2)cc1. The van der Waals surface area contributed by atoms with Gasteiger partial charge in [0.1, 0.15) is 5.75 Å². The Kier molecular flexibility index (Phi) is 5.83. The van der Waals surface area contributed by atoms with Gasteiger partial charge in [0.05, 0.1) is 18.9 Å². The Hall–Kier alpha value is -3.19. The van der Waals surface area contributed by atoms with Gasteiger partial charge >= 0.3 is 0 Å². The van der Waals surface area contributed by atoms with Crippen molar-refractivity contribution in [3.8, 4) is 22.8 Å².